The van der Waals surface area contributed by atoms with Crippen molar-refractivity contribution in [3.63, 3.8) is 0 Å². The Morgan fingerprint density at radius 2 is 2.00 bits per heavy atom. The average Bonchev–Trinajstić information content (AvgIpc) is 2.35. The third-order valence-corrected chi connectivity index (χ3v) is 5.79. The van der Waals surface area contributed by atoms with Gasteiger partial charge in [0, 0.05) is 19.1 Å². The van der Waals surface area contributed by atoms with E-state index in [1.165, 1.54) is 0 Å². The number of piperidine rings is 1. The van der Waals surface area contributed by atoms with Gasteiger partial charge in [0.1, 0.15) is 0 Å². The first-order valence-electron chi connectivity index (χ1n) is 7.65. The van der Waals surface area contributed by atoms with Crippen LogP contribution in [0.4, 0.5) is 0 Å². The van der Waals surface area contributed by atoms with Gasteiger partial charge in [0.15, 0.2) is 0 Å². The first kappa shape index (κ1) is 17.9. The van der Waals surface area contributed by atoms with E-state index in [1.54, 1.807) is 4.31 Å². The molecule has 0 bridgehead atoms. The van der Waals surface area contributed by atoms with Crippen LogP contribution in [0.25, 0.3) is 0 Å². The smallest absolute Gasteiger partial charge is 0.279 e. The molecule has 0 spiro atoms. The first-order valence-corrected chi connectivity index (χ1v) is 9.09. The highest BCUT2D eigenvalue weighted by Crippen LogP contribution is 2.22. The van der Waals surface area contributed by atoms with Crippen LogP contribution in [-0.2, 0) is 10.2 Å². The Morgan fingerprint density at radius 1 is 1.35 bits per heavy atom. The molecule has 0 aromatic rings. The van der Waals surface area contributed by atoms with Crippen molar-refractivity contribution < 1.29 is 8.42 Å². The predicted octanol–water partition coefficient (Wildman–Crippen LogP) is 1.58. The van der Waals surface area contributed by atoms with E-state index in [1.807, 2.05) is 27.7 Å². The lowest BCUT2D eigenvalue weighted by Crippen LogP contribution is -2.52. The molecule has 0 aliphatic carbocycles. The van der Waals surface area contributed by atoms with Crippen LogP contribution in [-0.4, -0.2) is 44.9 Å². The summed E-state index contributed by atoms with van der Waals surface area (Å²) >= 11 is 0. The Balaban J connectivity index is 2.63. The quantitative estimate of drug-likeness (QED) is 0.783. The first-order chi connectivity index (χ1) is 9.16. The molecule has 120 valence electrons. The topological polar surface area (TPSA) is 61.4 Å². The second-order valence-corrected chi connectivity index (χ2v) is 8.59. The highest BCUT2D eigenvalue weighted by Gasteiger charge is 2.32. The Bertz CT molecular complexity index is 390. The summed E-state index contributed by atoms with van der Waals surface area (Å²) in [6.45, 7) is 13.2. The number of nitrogens with one attached hydrogen (secondary N) is 2. The molecule has 1 aliphatic rings. The molecule has 1 rings (SSSR count). The van der Waals surface area contributed by atoms with Crippen molar-refractivity contribution in [2.45, 2.75) is 53.5 Å². The van der Waals surface area contributed by atoms with Gasteiger partial charge in [0.05, 0.1) is 0 Å². The maximum Gasteiger partial charge on any atom is 0.279 e. The van der Waals surface area contributed by atoms with E-state index in [9.17, 15) is 8.42 Å². The number of rotatable bonds is 6. The molecule has 1 saturated heterocycles. The van der Waals surface area contributed by atoms with E-state index in [0.717, 1.165) is 25.9 Å². The summed E-state index contributed by atoms with van der Waals surface area (Å²) in [5, 5.41) is 3.31. The molecule has 2 atom stereocenters. The van der Waals surface area contributed by atoms with Gasteiger partial charge < -0.3 is 5.32 Å². The van der Waals surface area contributed by atoms with Crippen LogP contribution in [0.3, 0.4) is 0 Å². The standard InChI is InChI=1S/C14H31N3O2S/c1-6-15-10-13-8-7-9-17(11-13)20(18,19)16-12(2)14(3,4)5/h12-13,15-16H,6-11H2,1-5H3. The Kier molecular flexibility index (Phi) is 6.44. The van der Waals surface area contributed by atoms with E-state index in [2.05, 4.69) is 17.0 Å². The van der Waals surface area contributed by atoms with Crippen LogP contribution in [0, 0.1) is 11.3 Å². The van der Waals surface area contributed by atoms with E-state index in [0.29, 0.717) is 19.0 Å². The molecule has 2 unspecified atom stereocenters. The minimum absolute atomic E-state index is 0.0774. The van der Waals surface area contributed by atoms with Gasteiger partial charge in [0.2, 0.25) is 0 Å². The molecule has 2 N–H and O–H groups in total. The third kappa shape index (κ3) is 5.31. The fourth-order valence-electron chi connectivity index (χ4n) is 2.23. The molecule has 1 heterocycles. The summed E-state index contributed by atoms with van der Waals surface area (Å²) in [7, 11) is -3.37. The molecule has 5 nitrogen and oxygen atoms in total. The lowest BCUT2D eigenvalue weighted by Gasteiger charge is -2.35. The van der Waals surface area contributed by atoms with Crippen molar-refractivity contribution in [1.29, 1.82) is 0 Å². The predicted molar refractivity (Wildman–Crippen MR) is 83.8 cm³/mol. The summed E-state index contributed by atoms with van der Waals surface area (Å²) in [5.74, 6) is 0.421. The molecule has 20 heavy (non-hydrogen) atoms. The maximum atomic E-state index is 12.5. The van der Waals surface area contributed by atoms with Gasteiger partial charge in [-0.1, -0.05) is 27.7 Å². The van der Waals surface area contributed by atoms with Crippen molar-refractivity contribution in [2.24, 2.45) is 11.3 Å². The van der Waals surface area contributed by atoms with E-state index >= 15 is 0 Å². The van der Waals surface area contributed by atoms with Gasteiger partial charge in [-0.15, -0.1) is 0 Å². The molecule has 0 aromatic carbocycles. The van der Waals surface area contributed by atoms with Crippen LogP contribution in [0.2, 0.25) is 0 Å². The lowest BCUT2D eigenvalue weighted by molar-refractivity contribution is 0.250. The van der Waals surface area contributed by atoms with E-state index in [-0.39, 0.29) is 11.5 Å². The third-order valence-electron chi connectivity index (χ3n) is 4.13. The van der Waals surface area contributed by atoms with Gasteiger partial charge in [-0.25, -0.2) is 0 Å². The van der Waals surface area contributed by atoms with E-state index in [4.69, 9.17) is 0 Å². The summed E-state index contributed by atoms with van der Waals surface area (Å²) < 4.78 is 29.3. The fourth-order valence-corrected chi connectivity index (χ4v) is 3.96. The molecule has 0 amide bonds. The SMILES string of the molecule is CCNCC1CCCN(S(=O)(=O)NC(C)C(C)(C)C)C1. The van der Waals surface area contributed by atoms with E-state index < -0.39 is 10.2 Å². The zero-order chi connectivity index (χ0) is 15.4. The van der Waals surface area contributed by atoms with Gasteiger partial charge in [0.25, 0.3) is 10.2 Å². The second kappa shape index (κ2) is 7.20. The number of hydrogen-bond donors (Lipinski definition) is 2. The van der Waals surface area contributed by atoms with Crippen LogP contribution in [0.5, 0.6) is 0 Å². The summed E-state index contributed by atoms with van der Waals surface area (Å²) in [4.78, 5) is 0. The number of nitrogens with zero attached hydrogens (tertiary/aromatic N) is 1. The van der Waals surface area contributed by atoms with Crippen molar-refractivity contribution in [2.75, 3.05) is 26.2 Å². The zero-order valence-corrected chi connectivity index (χ0v) is 14.4. The highest BCUT2D eigenvalue weighted by molar-refractivity contribution is 7.87. The Morgan fingerprint density at radius 3 is 2.55 bits per heavy atom. The van der Waals surface area contributed by atoms with Crippen molar-refractivity contribution in [3.05, 3.63) is 0 Å². The molecule has 0 saturated carbocycles. The molecular weight excluding hydrogens is 274 g/mol. The normalized spacial score (nSPS) is 23.8. The van der Waals surface area contributed by atoms with Crippen LogP contribution >= 0.6 is 0 Å². The van der Waals surface area contributed by atoms with Crippen LogP contribution < -0.4 is 10.0 Å². The van der Waals surface area contributed by atoms with Gasteiger partial charge in [-0.05, 0) is 44.2 Å². The van der Waals surface area contributed by atoms with Gasteiger partial charge >= 0.3 is 0 Å². The van der Waals surface area contributed by atoms with Crippen molar-refractivity contribution in [1.82, 2.24) is 14.3 Å². The average molecular weight is 305 g/mol. The molecular formula is C14H31N3O2S. The van der Waals surface area contributed by atoms with Gasteiger partial charge in [-0.2, -0.15) is 17.4 Å². The molecule has 1 fully saturated rings. The summed E-state index contributed by atoms with van der Waals surface area (Å²) in [5.41, 5.74) is -0.0774. The summed E-state index contributed by atoms with van der Waals surface area (Å²) in [6.07, 6.45) is 2.05. The minimum atomic E-state index is -3.37. The molecule has 1 aliphatic heterocycles. The largest absolute Gasteiger partial charge is 0.317 e. The van der Waals surface area contributed by atoms with Crippen molar-refractivity contribution in [3.8, 4) is 0 Å². The second-order valence-electron chi connectivity index (χ2n) is 6.88. The highest BCUT2D eigenvalue weighted by atomic mass is 32.2. The Labute approximate surface area is 124 Å². The maximum absolute atomic E-state index is 12.5. The van der Waals surface area contributed by atoms with Crippen LogP contribution in [0.15, 0.2) is 0 Å². The van der Waals surface area contributed by atoms with Crippen LogP contribution in [0.1, 0.15) is 47.5 Å². The fraction of sp³-hybridized carbons (Fsp3) is 1.00. The monoisotopic (exact) mass is 305 g/mol. The Hall–Kier alpha value is -0.170. The van der Waals surface area contributed by atoms with Gasteiger partial charge in [-0.3, -0.25) is 0 Å². The molecule has 0 radical (unpaired) electrons. The zero-order valence-electron chi connectivity index (χ0n) is 13.6. The number of hydrogen-bond acceptors (Lipinski definition) is 3. The molecule has 0 aromatic heterocycles. The van der Waals surface area contributed by atoms with Crippen molar-refractivity contribution >= 4 is 10.2 Å². The summed E-state index contributed by atoms with van der Waals surface area (Å²) in [6, 6.07) is -0.0818. The lowest BCUT2D eigenvalue weighted by atomic mass is 9.89. The molecule has 6 heteroatoms. The minimum Gasteiger partial charge on any atom is -0.317 e.